The number of anilines is 2. The lowest BCUT2D eigenvalue weighted by Crippen LogP contribution is -2.12. The van der Waals surface area contributed by atoms with Crippen molar-refractivity contribution in [2.75, 3.05) is 10.9 Å². The van der Waals surface area contributed by atoms with Crippen LogP contribution in [0.4, 0.5) is 11.4 Å². The third-order valence-corrected chi connectivity index (χ3v) is 9.95. The lowest BCUT2D eigenvalue weighted by Gasteiger charge is -2.02. The van der Waals surface area contributed by atoms with Gasteiger partial charge in [0.25, 0.3) is 0 Å². The molecule has 8 rings (SSSR count). The molecular weight excluding hydrogens is 804 g/mol. The van der Waals surface area contributed by atoms with E-state index in [1.54, 1.807) is 33.8 Å². The highest BCUT2D eigenvalue weighted by Crippen LogP contribution is 2.19. The number of nitrogens with zero attached hydrogens (tertiary/aromatic N) is 12. The molecule has 2 N–H and O–H groups in total. The van der Waals surface area contributed by atoms with E-state index in [0.29, 0.717) is 21.6 Å². The van der Waals surface area contributed by atoms with Gasteiger partial charge >= 0.3 is 0 Å². The van der Waals surface area contributed by atoms with Gasteiger partial charge in [0.1, 0.15) is 0 Å². The van der Waals surface area contributed by atoms with Crippen LogP contribution in [0.2, 0.25) is 0 Å². The second-order valence-corrected chi connectivity index (χ2v) is 14.1. The average Bonchev–Trinajstić information content (AvgIpc) is 3.75. The molecule has 8 aromatic rings. The van der Waals surface area contributed by atoms with Gasteiger partial charge in [-0.3, -0.25) is 20.8 Å². The van der Waals surface area contributed by atoms with Crippen molar-refractivity contribution >= 4 is 75.8 Å². The second kappa shape index (κ2) is 15.1. The number of hydrogen-bond donors (Lipinski definition) is 2. The van der Waals surface area contributed by atoms with Crippen molar-refractivity contribution in [2.45, 2.75) is 13.8 Å². The highest BCUT2D eigenvalue weighted by molar-refractivity contribution is 9.10. The molecule has 0 saturated heterocycles. The van der Waals surface area contributed by atoms with Crippen LogP contribution in [-0.4, -0.2) is 49.6 Å². The molecule has 18 heteroatoms. The third-order valence-electron chi connectivity index (χ3n) is 6.86. The van der Waals surface area contributed by atoms with E-state index < -0.39 is 0 Å². The first kappa shape index (κ1) is 33.2. The van der Waals surface area contributed by atoms with Crippen molar-refractivity contribution in [2.24, 2.45) is 10.2 Å². The molecule has 0 radical (unpaired) electrons. The molecule has 6 aromatic heterocycles. The van der Waals surface area contributed by atoms with Crippen molar-refractivity contribution in [3.05, 3.63) is 127 Å². The number of nitrogens with one attached hydrogen (secondary N) is 2. The Bertz CT molecular complexity index is 2350. The Hall–Kier alpha value is -5.30. The number of benzene rings is 2. The highest BCUT2D eigenvalue weighted by Gasteiger charge is 2.12. The molecule has 0 atom stereocenters. The number of aryl methyl sites for hydroxylation is 2. The number of pyridine rings is 2. The number of hydrogen-bond acceptors (Lipinski definition) is 14. The molecule has 0 unspecified atom stereocenters. The zero-order valence-corrected chi connectivity index (χ0v) is 31.0. The molecule has 0 spiro atoms. The van der Waals surface area contributed by atoms with E-state index in [4.69, 9.17) is 0 Å². The van der Waals surface area contributed by atoms with Crippen molar-refractivity contribution in [3.8, 4) is 22.8 Å². The number of aromatic nitrogens is 10. The normalized spacial score (nSPS) is 11.8. The molecular formula is C32H24Br2N14S2. The summed E-state index contributed by atoms with van der Waals surface area (Å²) < 4.78 is 7.01. The minimum Gasteiger partial charge on any atom is -0.277 e. The van der Waals surface area contributed by atoms with Gasteiger partial charge in [-0.1, -0.05) is 54.5 Å². The molecule has 0 aliphatic heterocycles. The van der Waals surface area contributed by atoms with Gasteiger partial charge in [0.05, 0.1) is 22.8 Å². The van der Waals surface area contributed by atoms with E-state index in [1.165, 1.54) is 22.7 Å². The van der Waals surface area contributed by atoms with Gasteiger partial charge < -0.3 is 0 Å². The highest BCUT2D eigenvalue weighted by atomic mass is 79.9. The maximum absolute atomic E-state index is 4.58. The molecule has 50 heavy (non-hydrogen) atoms. The van der Waals surface area contributed by atoms with Crippen molar-refractivity contribution in [3.63, 3.8) is 0 Å². The van der Waals surface area contributed by atoms with Crippen LogP contribution in [0.15, 0.2) is 117 Å². The minimum absolute atomic E-state index is 0.675. The van der Waals surface area contributed by atoms with Crippen molar-refractivity contribution in [1.29, 1.82) is 0 Å². The Kier molecular flexibility index (Phi) is 10.0. The Balaban J connectivity index is 0.000000157. The quantitative estimate of drug-likeness (QED) is 0.177. The summed E-state index contributed by atoms with van der Waals surface area (Å²) in [5.41, 5.74) is 11.3. The molecule has 0 bridgehead atoms. The van der Waals surface area contributed by atoms with Crippen LogP contribution in [0.3, 0.4) is 0 Å². The standard InChI is InChI=1S/2C16H12BrN7S/c2*1-10-15(21-19-13-4-2-12(17)3-5-13)25-16-22-20-14(24(16)23-10)11-6-8-18-9-7-11/h2*2-9,19H,1H3/b2*21-15-. The van der Waals surface area contributed by atoms with Crippen LogP contribution in [0.1, 0.15) is 11.4 Å². The molecule has 0 amide bonds. The van der Waals surface area contributed by atoms with Crippen LogP contribution in [0.25, 0.3) is 32.7 Å². The van der Waals surface area contributed by atoms with Crippen LogP contribution in [-0.2, 0) is 0 Å². The van der Waals surface area contributed by atoms with Gasteiger partial charge in [0.15, 0.2) is 21.0 Å². The Morgan fingerprint density at radius 2 is 0.920 bits per heavy atom. The second-order valence-electron chi connectivity index (χ2n) is 10.4. The Morgan fingerprint density at radius 3 is 1.30 bits per heavy atom. The van der Waals surface area contributed by atoms with Crippen LogP contribution in [0, 0.1) is 13.8 Å². The molecule has 6 heterocycles. The zero-order chi connectivity index (χ0) is 34.5. The minimum atomic E-state index is 0.675. The fraction of sp³-hybridized carbons (Fsp3) is 0.0625. The summed E-state index contributed by atoms with van der Waals surface area (Å²) >= 11 is 9.68. The number of rotatable bonds is 6. The summed E-state index contributed by atoms with van der Waals surface area (Å²) in [5.74, 6) is 1.37. The van der Waals surface area contributed by atoms with Crippen LogP contribution >= 0.6 is 54.5 Å². The monoisotopic (exact) mass is 826 g/mol. The molecule has 2 aromatic carbocycles. The van der Waals surface area contributed by atoms with E-state index in [0.717, 1.165) is 52.2 Å². The topological polar surface area (TPSA) is 161 Å². The van der Waals surface area contributed by atoms with Crippen LogP contribution < -0.4 is 20.2 Å². The van der Waals surface area contributed by atoms with E-state index in [9.17, 15) is 0 Å². The van der Waals surface area contributed by atoms with E-state index in [-0.39, 0.29) is 0 Å². The summed E-state index contributed by atoms with van der Waals surface area (Å²) in [6.45, 7) is 3.82. The van der Waals surface area contributed by atoms with Gasteiger partial charge in [-0.15, -0.1) is 20.4 Å². The lowest BCUT2D eigenvalue weighted by atomic mass is 10.2. The summed E-state index contributed by atoms with van der Waals surface area (Å²) in [6.07, 6.45) is 6.88. The van der Waals surface area contributed by atoms with Crippen molar-refractivity contribution < 1.29 is 0 Å². The van der Waals surface area contributed by atoms with E-state index in [1.807, 2.05) is 86.6 Å². The molecule has 0 aliphatic carbocycles. The fourth-order valence-corrected chi connectivity index (χ4v) is 6.42. The molecule has 0 fully saturated rings. The van der Waals surface area contributed by atoms with E-state index >= 15 is 0 Å². The van der Waals surface area contributed by atoms with Gasteiger partial charge in [0.2, 0.25) is 9.92 Å². The predicted molar refractivity (Wildman–Crippen MR) is 200 cm³/mol. The summed E-state index contributed by atoms with van der Waals surface area (Å²) in [7, 11) is 0. The average molecular weight is 829 g/mol. The first-order chi connectivity index (χ1) is 24.4. The van der Waals surface area contributed by atoms with Gasteiger partial charge in [-0.25, -0.2) is 0 Å². The van der Waals surface area contributed by atoms with Gasteiger partial charge in [-0.2, -0.15) is 29.4 Å². The smallest absolute Gasteiger partial charge is 0.235 e. The largest absolute Gasteiger partial charge is 0.277 e. The van der Waals surface area contributed by atoms with Gasteiger partial charge in [-0.05, 0) is 86.6 Å². The maximum atomic E-state index is 4.58. The Labute approximate surface area is 308 Å². The first-order valence-corrected chi connectivity index (χ1v) is 18.0. The number of halogens is 2. The summed E-state index contributed by atoms with van der Waals surface area (Å²) in [6, 6.07) is 23.1. The SMILES string of the molecule is Cc1nn2c(-c3ccncc3)nnc2s/c1=N\Nc1ccc(Br)cc1.Cc1nn2c(-c3ccncc3)nnc2s/c1=N\Nc1ccc(Br)cc1. The lowest BCUT2D eigenvalue weighted by molar-refractivity contribution is 0.901. The zero-order valence-electron chi connectivity index (χ0n) is 26.2. The molecule has 248 valence electrons. The number of fused-ring (bicyclic) bond motifs is 2. The Morgan fingerprint density at radius 1 is 0.540 bits per heavy atom. The fourth-order valence-electron chi connectivity index (χ4n) is 4.39. The molecule has 14 nitrogen and oxygen atoms in total. The predicted octanol–water partition coefficient (Wildman–Crippen LogP) is 6.49. The first-order valence-electron chi connectivity index (χ1n) is 14.8. The maximum Gasteiger partial charge on any atom is 0.235 e. The van der Waals surface area contributed by atoms with E-state index in [2.05, 4.69) is 93.5 Å². The molecule has 0 saturated carbocycles. The van der Waals surface area contributed by atoms with Gasteiger partial charge in [0, 0.05) is 44.9 Å². The van der Waals surface area contributed by atoms with Crippen LogP contribution in [0.5, 0.6) is 0 Å². The molecule has 0 aliphatic rings. The summed E-state index contributed by atoms with van der Waals surface area (Å²) in [4.78, 5) is 9.40. The third kappa shape index (κ3) is 7.62. The summed E-state index contributed by atoms with van der Waals surface area (Å²) in [5, 5.41) is 35.0. The van der Waals surface area contributed by atoms with Crippen molar-refractivity contribution in [1.82, 2.24) is 49.6 Å².